The van der Waals surface area contributed by atoms with Gasteiger partial charge in [-0.1, -0.05) is 49.2 Å². The van der Waals surface area contributed by atoms with Crippen molar-refractivity contribution in [2.75, 3.05) is 13.7 Å². The van der Waals surface area contributed by atoms with Crippen molar-refractivity contribution in [3.63, 3.8) is 0 Å². The Kier molecular flexibility index (Phi) is 4.69. The molecule has 2 fully saturated rings. The third-order valence-electron chi connectivity index (χ3n) is 7.54. The minimum Gasteiger partial charge on any atom is -0.497 e. The lowest BCUT2D eigenvalue weighted by molar-refractivity contribution is -0.135. The molecule has 1 saturated heterocycles. The molecule has 0 radical (unpaired) electrons. The van der Waals surface area contributed by atoms with Crippen molar-refractivity contribution >= 4 is 12.0 Å². The molecule has 0 N–H and O–H groups in total. The average molecular weight is 388 g/mol. The zero-order valence-electron chi connectivity index (χ0n) is 17.1. The summed E-state index contributed by atoms with van der Waals surface area (Å²) in [7, 11) is 1.75. The van der Waals surface area contributed by atoms with Gasteiger partial charge in [-0.15, -0.1) is 0 Å². The minimum absolute atomic E-state index is 0.162. The number of benzene rings is 2. The molecule has 3 atom stereocenters. The Balaban J connectivity index is 1.47. The SMILES string of the molecule is COc1ccc2c(c1)[C@]13CCCC[C@H]1[C@@H](C2)N(C(=O)/C=C/c1ccccc1)CC3. The Morgan fingerprint density at radius 1 is 1.14 bits per heavy atom. The van der Waals surface area contributed by atoms with Gasteiger partial charge in [-0.3, -0.25) is 4.79 Å². The molecule has 1 heterocycles. The van der Waals surface area contributed by atoms with E-state index in [9.17, 15) is 4.79 Å². The number of carbonyl (C=O) groups excluding carboxylic acids is 1. The van der Waals surface area contributed by atoms with Crippen LogP contribution in [0.15, 0.2) is 54.6 Å². The fourth-order valence-corrected chi connectivity index (χ4v) is 6.21. The normalized spacial score (nSPS) is 28.0. The van der Waals surface area contributed by atoms with E-state index in [1.807, 2.05) is 36.4 Å². The smallest absolute Gasteiger partial charge is 0.246 e. The van der Waals surface area contributed by atoms with Crippen molar-refractivity contribution < 1.29 is 9.53 Å². The van der Waals surface area contributed by atoms with Crippen LogP contribution in [0, 0.1) is 5.92 Å². The molecule has 2 aliphatic carbocycles. The highest BCUT2D eigenvalue weighted by Gasteiger charge is 2.54. The van der Waals surface area contributed by atoms with E-state index in [-0.39, 0.29) is 11.3 Å². The van der Waals surface area contributed by atoms with Gasteiger partial charge in [0, 0.05) is 24.1 Å². The fraction of sp³-hybridized carbons (Fsp3) is 0.423. The second-order valence-electron chi connectivity index (χ2n) is 8.83. The average Bonchev–Trinajstić information content (AvgIpc) is 2.78. The Hall–Kier alpha value is -2.55. The Morgan fingerprint density at radius 2 is 2.00 bits per heavy atom. The Morgan fingerprint density at radius 3 is 2.83 bits per heavy atom. The van der Waals surface area contributed by atoms with Crippen LogP contribution in [0.1, 0.15) is 48.8 Å². The maximum atomic E-state index is 13.2. The van der Waals surface area contributed by atoms with E-state index in [0.29, 0.717) is 12.0 Å². The summed E-state index contributed by atoms with van der Waals surface area (Å²) >= 11 is 0. The maximum absolute atomic E-state index is 13.2. The summed E-state index contributed by atoms with van der Waals surface area (Å²) in [6.07, 6.45) is 10.8. The van der Waals surface area contributed by atoms with Crippen LogP contribution in [0.2, 0.25) is 0 Å². The van der Waals surface area contributed by atoms with Crippen molar-refractivity contribution in [2.45, 2.75) is 50.0 Å². The number of fused-ring (bicyclic) bond motifs is 1. The standard InChI is InChI=1S/C26H29NO2/c1-29-21-12-11-20-17-24-22-9-5-6-14-26(22,23(20)18-21)15-16-27(24)25(28)13-10-19-7-3-2-4-8-19/h2-4,7-8,10-13,18,22,24H,5-6,9,14-17H2,1H3/b13-10+/t22-,24+,26-/m0/s1. The molecule has 0 aromatic heterocycles. The molecule has 0 spiro atoms. The summed E-state index contributed by atoms with van der Waals surface area (Å²) in [5.41, 5.74) is 4.22. The number of nitrogens with zero attached hydrogens (tertiary/aromatic N) is 1. The molecule has 2 aromatic rings. The molecular weight excluding hydrogens is 358 g/mol. The molecule has 1 amide bonds. The van der Waals surface area contributed by atoms with Gasteiger partial charge in [0.15, 0.2) is 0 Å². The molecule has 1 saturated carbocycles. The van der Waals surface area contributed by atoms with Crippen molar-refractivity contribution in [3.05, 3.63) is 71.3 Å². The van der Waals surface area contributed by atoms with Crippen LogP contribution in [0.3, 0.4) is 0 Å². The first-order valence-corrected chi connectivity index (χ1v) is 10.9. The second kappa shape index (κ2) is 7.37. The summed E-state index contributed by atoms with van der Waals surface area (Å²) in [6.45, 7) is 0.857. The van der Waals surface area contributed by atoms with Gasteiger partial charge < -0.3 is 9.64 Å². The number of carbonyl (C=O) groups is 1. The largest absolute Gasteiger partial charge is 0.497 e. The number of hydrogen-bond acceptors (Lipinski definition) is 2. The molecule has 3 heteroatoms. The van der Waals surface area contributed by atoms with E-state index in [2.05, 4.69) is 23.1 Å². The quantitative estimate of drug-likeness (QED) is 0.694. The van der Waals surface area contributed by atoms with Gasteiger partial charge in [0.1, 0.15) is 5.75 Å². The molecule has 2 aromatic carbocycles. The lowest BCUT2D eigenvalue weighted by atomic mass is 9.52. The predicted molar refractivity (Wildman–Crippen MR) is 116 cm³/mol. The van der Waals surface area contributed by atoms with Crippen LogP contribution in [-0.4, -0.2) is 30.5 Å². The second-order valence-corrected chi connectivity index (χ2v) is 8.83. The van der Waals surface area contributed by atoms with Crippen molar-refractivity contribution in [1.82, 2.24) is 4.90 Å². The van der Waals surface area contributed by atoms with Gasteiger partial charge in [-0.05, 0) is 66.5 Å². The highest BCUT2D eigenvalue weighted by atomic mass is 16.5. The fourth-order valence-electron chi connectivity index (χ4n) is 6.21. The van der Waals surface area contributed by atoms with E-state index in [4.69, 9.17) is 4.74 Å². The molecular formula is C26H29NO2. The van der Waals surface area contributed by atoms with Gasteiger partial charge in [0.2, 0.25) is 5.91 Å². The van der Waals surface area contributed by atoms with Gasteiger partial charge >= 0.3 is 0 Å². The first-order valence-electron chi connectivity index (χ1n) is 10.9. The van der Waals surface area contributed by atoms with E-state index < -0.39 is 0 Å². The molecule has 1 aliphatic heterocycles. The van der Waals surface area contributed by atoms with Crippen molar-refractivity contribution in [1.29, 1.82) is 0 Å². The number of likely N-dealkylation sites (tertiary alicyclic amines) is 1. The van der Waals surface area contributed by atoms with Crippen LogP contribution in [-0.2, 0) is 16.6 Å². The summed E-state index contributed by atoms with van der Waals surface area (Å²) in [5, 5.41) is 0. The lowest BCUT2D eigenvalue weighted by Gasteiger charge is -2.59. The molecule has 2 bridgehead atoms. The van der Waals surface area contributed by atoms with E-state index in [1.54, 1.807) is 13.2 Å². The van der Waals surface area contributed by atoms with Crippen molar-refractivity contribution in [2.24, 2.45) is 5.92 Å². The number of piperidine rings is 1. The van der Waals surface area contributed by atoms with Crippen LogP contribution in [0.5, 0.6) is 5.75 Å². The summed E-state index contributed by atoms with van der Waals surface area (Å²) < 4.78 is 5.55. The molecule has 150 valence electrons. The zero-order valence-corrected chi connectivity index (χ0v) is 17.1. The van der Waals surface area contributed by atoms with E-state index >= 15 is 0 Å². The number of hydrogen-bond donors (Lipinski definition) is 0. The number of methoxy groups -OCH3 is 1. The number of rotatable bonds is 3. The van der Waals surface area contributed by atoms with Gasteiger partial charge in [0.25, 0.3) is 0 Å². The molecule has 3 aliphatic rings. The monoisotopic (exact) mass is 387 g/mol. The first kappa shape index (κ1) is 18.5. The van der Waals surface area contributed by atoms with Gasteiger partial charge in [-0.2, -0.15) is 0 Å². The Bertz CT molecular complexity index is 935. The molecule has 0 unspecified atom stereocenters. The van der Waals surface area contributed by atoms with Crippen LogP contribution < -0.4 is 4.74 Å². The maximum Gasteiger partial charge on any atom is 0.246 e. The zero-order chi connectivity index (χ0) is 19.8. The third-order valence-corrected chi connectivity index (χ3v) is 7.54. The van der Waals surface area contributed by atoms with Crippen LogP contribution in [0.4, 0.5) is 0 Å². The van der Waals surface area contributed by atoms with Crippen LogP contribution in [0.25, 0.3) is 6.08 Å². The summed E-state index contributed by atoms with van der Waals surface area (Å²) in [6, 6.07) is 17.0. The molecule has 3 nitrogen and oxygen atoms in total. The summed E-state index contributed by atoms with van der Waals surface area (Å²) in [5.74, 6) is 1.69. The van der Waals surface area contributed by atoms with Crippen LogP contribution >= 0.6 is 0 Å². The minimum atomic E-state index is 0.162. The lowest BCUT2D eigenvalue weighted by Crippen LogP contribution is -2.61. The highest BCUT2D eigenvalue weighted by molar-refractivity contribution is 5.92. The molecule has 29 heavy (non-hydrogen) atoms. The van der Waals surface area contributed by atoms with Gasteiger partial charge in [0.05, 0.1) is 7.11 Å². The van der Waals surface area contributed by atoms with E-state index in [0.717, 1.165) is 30.7 Å². The number of ether oxygens (including phenoxy) is 1. The van der Waals surface area contributed by atoms with Crippen molar-refractivity contribution in [3.8, 4) is 5.75 Å². The predicted octanol–water partition coefficient (Wildman–Crippen LogP) is 4.99. The Labute approximate surface area is 173 Å². The summed E-state index contributed by atoms with van der Waals surface area (Å²) in [4.78, 5) is 15.3. The third kappa shape index (κ3) is 3.08. The van der Waals surface area contributed by atoms with Gasteiger partial charge in [-0.25, -0.2) is 0 Å². The first-order chi connectivity index (χ1) is 14.2. The molecule has 5 rings (SSSR count). The van der Waals surface area contributed by atoms with E-state index in [1.165, 1.54) is 36.8 Å². The highest BCUT2D eigenvalue weighted by Crippen LogP contribution is 2.56. The number of amides is 1. The topological polar surface area (TPSA) is 29.5 Å².